The number of benzene rings is 1. The van der Waals surface area contributed by atoms with E-state index in [-0.39, 0.29) is 5.69 Å². The molecule has 0 spiro atoms. The first kappa shape index (κ1) is 13.0. The molecule has 1 aromatic carbocycles. The van der Waals surface area contributed by atoms with E-state index in [0.717, 1.165) is 17.7 Å². The zero-order valence-electron chi connectivity index (χ0n) is 10.8. The molecule has 1 aromatic heterocycles. The number of carboxylic acid groups (broad SMARTS) is 1. The number of anilines is 1. The van der Waals surface area contributed by atoms with Gasteiger partial charge in [-0.15, -0.1) is 0 Å². The summed E-state index contributed by atoms with van der Waals surface area (Å²) in [5.74, 6) is -1.04. The summed E-state index contributed by atoms with van der Waals surface area (Å²) in [5.41, 5.74) is 9.18. The molecule has 0 aliphatic heterocycles. The number of nitrogen functional groups attached to an aromatic ring is 1. The van der Waals surface area contributed by atoms with E-state index in [2.05, 4.69) is 17.1 Å². The first-order valence-corrected chi connectivity index (χ1v) is 7.24. The van der Waals surface area contributed by atoms with E-state index in [1.54, 1.807) is 6.07 Å². The average Bonchev–Trinajstić information content (AvgIpc) is 2.88. The fourth-order valence-corrected chi connectivity index (χ4v) is 3.27. The normalized spacial score (nSPS) is 13.2. The van der Waals surface area contributed by atoms with Crippen LogP contribution in [0.5, 0.6) is 0 Å². The summed E-state index contributed by atoms with van der Waals surface area (Å²) in [5, 5.41) is 9.52. The van der Waals surface area contributed by atoms with Crippen molar-refractivity contribution in [1.29, 1.82) is 0 Å². The van der Waals surface area contributed by atoms with E-state index in [0.29, 0.717) is 10.7 Å². The third kappa shape index (κ3) is 2.49. The molecule has 102 valence electrons. The highest BCUT2D eigenvalue weighted by Crippen LogP contribution is 2.33. The van der Waals surface area contributed by atoms with Crippen molar-refractivity contribution < 1.29 is 9.90 Å². The van der Waals surface area contributed by atoms with Gasteiger partial charge >= 0.3 is 5.97 Å². The number of aromatic nitrogens is 1. The van der Waals surface area contributed by atoms with Crippen LogP contribution in [-0.2, 0) is 12.8 Å². The number of carbonyl (C=O) groups is 1. The average molecular weight is 286 g/mol. The summed E-state index contributed by atoms with van der Waals surface area (Å²) < 4.78 is 0. The van der Waals surface area contributed by atoms with Gasteiger partial charge in [-0.2, -0.15) is 0 Å². The number of pyridine rings is 1. The van der Waals surface area contributed by atoms with E-state index in [9.17, 15) is 4.79 Å². The van der Waals surface area contributed by atoms with Crippen LogP contribution in [0.2, 0.25) is 0 Å². The fourth-order valence-electron chi connectivity index (χ4n) is 2.38. The maximum absolute atomic E-state index is 11.0. The number of nitrogens with two attached hydrogens (primary N) is 1. The number of aryl methyl sites for hydroxylation is 2. The summed E-state index contributed by atoms with van der Waals surface area (Å²) in [6.45, 7) is 0. The smallest absolute Gasteiger partial charge is 0.354 e. The van der Waals surface area contributed by atoms with Gasteiger partial charge in [0.2, 0.25) is 0 Å². The second kappa shape index (κ2) is 5.17. The van der Waals surface area contributed by atoms with Crippen molar-refractivity contribution >= 4 is 23.4 Å². The van der Waals surface area contributed by atoms with Gasteiger partial charge in [0.1, 0.15) is 10.7 Å². The molecule has 0 amide bonds. The van der Waals surface area contributed by atoms with Crippen molar-refractivity contribution in [2.45, 2.75) is 29.2 Å². The van der Waals surface area contributed by atoms with Crippen molar-refractivity contribution in [3.05, 3.63) is 47.2 Å². The Kier molecular flexibility index (Phi) is 3.36. The quantitative estimate of drug-likeness (QED) is 0.907. The lowest BCUT2D eigenvalue weighted by atomic mass is 10.1. The molecule has 0 unspecified atom stereocenters. The Morgan fingerprint density at radius 3 is 2.80 bits per heavy atom. The Morgan fingerprint density at radius 1 is 1.20 bits per heavy atom. The van der Waals surface area contributed by atoms with Crippen LogP contribution in [0.25, 0.3) is 0 Å². The lowest BCUT2D eigenvalue weighted by Gasteiger charge is -2.07. The zero-order valence-corrected chi connectivity index (χ0v) is 11.6. The predicted octanol–water partition coefficient (Wildman–Crippen LogP) is 3.00. The number of carboxylic acids is 1. The van der Waals surface area contributed by atoms with E-state index < -0.39 is 5.97 Å². The molecule has 0 saturated carbocycles. The first-order valence-electron chi connectivity index (χ1n) is 6.43. The van der Waals surface area contributed by atoms with Crippen LogP contribution in [0.1, 0.15) is 28.0 Å². The van der Waals surface area contributed by atoms with E-state index >= 15 is 0 Å². The fraction of sp³-hybridized carbons (Fsp3) is 0.200. The summed E-state index contributed by atoms with van der Waals surface area (Å²) in [6.07, 6.45) is 3.47. The monoisotopic (exact) mass is 286 g/mol. The summed E-state index contributed by atoms with van der Waals surface area (Å²) in [6, 6.07) is 9.35. The molecule has 0 saturated heterocycles. The molecule has 0 bridgehead atoms. The topological polar surface area (TPSA) is 76.2 Å². The van der Waals surface area contributed by atoms with Gasteiger partial charge in [-0.25, -0.2) is 9.78 Å². The molecule has 3 rings (SSSR count). The van der Waals surface area contributed by atoms with Crippen LogP contribution in [0.4, 0.5) is 5.69 Å². The van der Waals surface area contributed by atoms with Crippen molar-refractivity contribution in [3.8, 4) is 0 Å². The Labute approximate surface area is 121 Å². The minimum atomic E-state index is -1.04. The van der Waals surface area contributed by atoms with Crippen LogP contribution < -0.4 is 5.73 Å². The van der Waals surface area contributed by atoms with Gasteiger partial charge in [0, 0.05) is 4.90 Å². The van der Waals surface area contributed by atoms with E-state index in [1.165, 1.54) is 35.4 Å². The van der Waals surface area contributed by atoms with Gasteiger partial charge in [-0.3, -0.25) is 0 Å². The Balaban J connectivity index is 1.91. The number of hydrogen-bond donors (Lipinski definition) is 2. The predicted molar refractivity (Wildman–Crippen MR) is 78.2 cm³/mol. The van der Waals surface area contributed by atoms with Crippen LogP contribution in [0.15, 0.2) is 40.3 Å². The van der Waals surface area contributed by atoms with Crippen molar-refractivity contribution in [2.24, 2.45) is 0 Å². The molecule has 1 aliphatic rings. The minimum Gasteiger partial charge on any atom is -0.477 e. The molecule has 5 heteroatoms. The van der Waals surface area contributed by atoms with Crippen molar-refractivity contribution in [3.63, 3.8) is 0 Å². The molecule has 4 nitrogen and oxygen atoms in total. The second-order valence-corrected chi connectivity index (χ2v) is 5.84. The van der Waals surface area contributed by atoms with Gasteiger partial charge in [-0.1, -0.05) is 17.8 Å². The maximum atomic E-state index is 11.0. The lowest BCUT2D eigenvalue weighted by Crippen LogP contribution is -2.02. The largest absolute Gasteiger partial charge is 0.477 e. The number of aromatic carboxylic acids is 1. The van der Waals surface area contributed by atoms with E-state index in [4.69, 9.17) is 10.8 Å². The summed E-state index contributed by atoms with van der Waals surface area (Å²) >= 11 is 1.41. The zero-order chi connectivity index (χ0) is 14.1. The third-order valence-corrected chi connectivity index (χ3v) is 4.40. The molecule has 0 atom stereocenters. The third-order valence-electron chi connectivity index (χ3n) is 3.39. The minimum absolute atomic E-state index is 0.0165. The Bertz CT molecular complexity index is 686. The highest BCUT2D eigenvalue weighted by Gasteiger charge is 2.13. The molecule has 0 fully saturated rings. The van der Waals surface area contributed by atoms with Gasteiger partial charge in [0.15, 0.2) is 0 Å². The van der Waals surface area contributed by atoms with Gasteiger partial charge in [-0.05, 0) is 54.7 Å². The number of hydrogen-bond acceptors (Lipinski definition) is 4. The number of rotatable bonds is 3. The van der Waals surface area contributed by atoms with Crippen LogP contribution in [0.3, 0.4) is 0 Å². The molecule has 3 N–H and O–H groups in total. The van der Waals surface area contributed by atoms with Gasteiger partial charge in [0.25, 0.3) is 0 Å². The maximum Gasteiger partial charge on any atom is 0.354 e. The summed E-state index contributed by atoms with van der Waals surface area (Å²) in [7, 11) is 0. The van der Waals surface area contributed by atoms with Crippen LogP contribution >= 0.6 is 11.8 Å². The SMILES string of the molecule is Nc1ccc(C(=O)O)nc1Sc1ccc2c(c1)CCC2. The standard InChI is InChI=1S/C15H14N2O2S/c16-12-6-7-13(15(18)19)17-14(12)20-11-5-4-9-2-1-3-10(9)8-11/h4-8H,1-3,16H2,(H,18,19). The van der Waals surface area contributed by atoms with Gasteiger partial charge < -0.3 is 10.8 Å². The molecular weight excluding hydrogens is 272 g/mol. The van der Waals surface area contributed by atoms with Crippen LogP contribution in [0, 0.1) is 0 Å². The first-order chi connectivity index (χ1) is 9.63. The second-order valence-electron chi connectivity index (χ2n) is 4.78. The van der Waals surface area contributed by atoms with Crippen molar-refractivity contribution in [1.82, 2.24) is 4.98 Å². The van der Waals surface area contributed by atoms with Crippen LogP contribution in [-0.4, -0.2) is 16.1 Å². The molecule has 2 aromatic rings. The highest BCUT2D eigenvalue weighted by atomic mass is 32.2. The Morgan fingerprint density at radius 2 is 2.00 bits per heavy atom. The summed E-state index contributed by atoms with van der Waals surface area (Å²) in [4.78, 5) is 16.1. The molecular formula is C15H14N2O2S. The highest BCUT2D eigenvalue weighted by molar-refractivity contribution is 7.99. The Hall–Kier alpha value is -2.01. The van der Waals surface area contributed by atoms with Gasteiger partial charge in [0.05, 0.1) is 5.69 Å². The lowest BCUT2D eigenvalue weighted by molar-refractivity contribution is 0.0690. The number of nitrogens with zero attached hydrogens (tertiary/aromatic N) is 1. The number of fused-ring (bicyclic) bond motifs is 1. The molecule has 1 heterocycles. The molecule has 1 aliphatic carbocycles. The van der Waals surface area contributed by atoms with E-state index in [1.807, 2.05) is 6.07 Å². The van der Waals surface area contributed by atoms with Crippen molar-refractivity contribution in [2.75, 3.05) is 5.73 Å². The molecule has 0 radical (unpaired) electrons. The molecule has 20 heavy (non-hydrogen) atoms.